The Kier molecular flexibility index (Phi) is 13.6. The lowest BCUT2D eigenvalue weighted by atomic mass is 9.87. The van der Waals surface area contributed by atoms with Gasteiger partial charge in [-0.1, -0.05) is 0 Å². The highest BCUT2D eigenvalue weighted by Gasteiger charge is 3.01. The summed E-state index contributed by atoms with van der Waals surface area (Å²) < 4.78 is 559. The van der Waals surface area contributed by atoms with Crippen molar-refractivity contribution in [2.24, 2.45) is 0 Å². The topological polar surface area (TPSA) is 9.23 Å². The molecule has 0 N–H and O–H groups in total. The minimum atomic E-state index is -10.2. The van der Waals surface area contributed by atoms with Gasteiger partial charge in [-0.2, -0.15) is 184 Å². The van der Waals surface area contributed by atoms with E-state index in [1.54, 1.807) is 0 Å². The third kappa shape index (κ3) is 7.05. The fourth-order valence-electron chi connectivity index (χ4n) is 3.38. The molecule has 0 atom stereocenters. The first-order valence-electron chi connectivity index (χ1n) is 12.8. The van der Waals surface area contributed by atoms with Crippen molar-refractivity contribution >= 4 is 0 Å². The van der Waals surface area contributed by atoms with Gasteiger partial charge < -0.3 is 0 Å². The van der Waals surface area contributed by atoms with Crippen LogP contribution in [0.3, 0.4) is 0 Å². The van der Waals surface area contributed by atoms with E-state index < -0.39 is 119 Å². The Morgan fingerprint density at radius 1 is 0.127 bits per heavy atom. The van der Waals surface area contributed by atoms with Crippen LogP contribution < -0.4 is 0 Å². The maximum Gasteiger partial charge on any atom is 0.460 e. The molecule has 1 nitrogen and oxygen atoms in total. The van der Waals surface area contributed by atoms with Gasteiger partial charge in [0.2, 0.25) is 0 Å². The van der Waals surface area contributed by atoms with Crippen LogP contribution in [0.4, 0.5) is 184 Å². The van der Waals surface area contributed by atoms with Gasteiger partial charge in [0.15, 0.2) is 0 Å². The van der Waals surface area contributed by atoms with Gasteiger partial charge in [0.25, 0.3) is 0 Å². The summed E-state index contributed by atoms with van der Waals surface area (Å²) in [6, 6.07) is 0. The van der Waals surface area contributed by atoms with E-state index in [0.717, 1.165) is 0 Å². The molecule has 0 unspecified atom stereocenters. The molecule has 380 valence electrons. The summed E-state index contributed by atoms with van der Waals surface area (Å²) in [6.45, 7) is 0. The maximum atomic E-state index is 13.8. The van der Waals surface area contributed by atoms with Crippen molar-refractivity contribution in [1.82, 2.24) is 0 Å². The number of rotatable bonds is 18. The zero-order chi connectivity index (χ0) is 52.7. The fraction of sp³-hybridized carbons (Fsp3) is 1.00. The molecule has 63 heavy (non-hydrogen) atoms. The summed E-state index contributed by atoms with van der Waals surface area (Å²) in [5, 5.41) is 0. The Hall–Kier alpha value is -2.98. The summed E-state index contributed by atoms with van der Waals surface area (Å²) >= 11 is 0. The Labute approximate surface area is 310 Å². The zero-order valence-corrected chi connectivity index (χ0v) is 26.3. The summed E-state index contributed by atoms with van der Waals surface area (Å²) in [4.78, 5) is 0. The molecule has 0 rings (SSSR count). The van der Waals surface area contributed by atoms with E-state index in [0.29, 0.717) is 0 Å². The molecule has 0 saturated carbocycles. The predicted molar refractivity (Wildman–Crippen MR) is 102 cm³/mol. The zero-order valence-electron chi connectivity index (χ0n) is 26.3. The van der Waals surface area contributed by atoms with Crippen LogP contribution in [0.2, 0.25) is 0 Å². The normalized spacial score (nSPS) is 17.4. The lowest BCUT2D eigenvalue weighted by Gasteiger charge is -2.45. The molecule has 0 aliphatic carbocycles. The summed E-state index contributed by atoms with van der Waals surface area (Å²) in [5.74, 6) is -158. The summed E-state index contributed by atoms with van der Waals surface area (Å²) in [5.41, 5.74) is 0. The van der Waals surface area contributed by atoms with Crippen LogP contribution in [0, 0.1) is 0 Å². The summed E-state index contributed by atoms with van der Waals surface area (Å²) in [7, 11) is 0. The lowest BCUT2D eigenvalue weighted by molar-refractivity contribution is -0.531. The van der Waals surface area contributed by atoms with Gasteiger partial charge in [0.05, 0.1) is 0 Å². The fourth-order valence-corrected chi connectivity index (χ4v) is 3.38. The molecule has 0 bridgehead atoms. The Morgan fingerprint density at radius 2 is 0.222 bits per heavy atom. The van der Waals surface area contributed by atoms with Gasteiger partial charge in [0.1, 0.15) is 0 Å². The molecule has 0 aromatic heterocycles. The standard InChI is InChI=1S/C20F42O/c21-1(22,5(29,30)9(37,38)13(45,46)17(53,54)55)3(25,26)7(33,34)11(41,42)15(49,50)19(59,60)63-20(61,62)16(51,52)12(43,44)8(35,36)4(27,28)2(23,24)6(31,32)10(39,40)14(47,48)18(56,57)58. The maximum absolute atomic E-state index is 13.8. The van der Waals surface area contributed by atoms with Crippen LogP contribution in [0.25, 0.3) is 0 Å². The highest BCUT2D eigenvalue weighted by molar-refractivity contribution is 5.19. The SMILES string of the molecule is FC(F)(F)C(F)(F)C(F)(F)C(F)(F)C(F)(F)C(F)(F)C(F)(F)C(F)(F)C(F)(F)C(F)(F)OC(F)(F)C(F)(F)C(F)(F)C(F)(F)C(F)(F)C(F)(F)C(F)(F)C(F)(F)C(F)(F)C(F)(F)F. The molecular formula is C20F42O. The quantitative estimate of drug-likeness (QED) is 0.124. The van der Waals surface area contributed by atoms with E-state index in [2.05, 4.69) is 0 Å². The largest absolute Gasteiger partial charge is 0.460 e. The van der Waals surface area contributed by atoms with E-state index in [4.69, 9.17) is 0 Å². The predicted octanol–water partition coefficient (Wildman–Crippen LogP) is 13.5. The Bertz CT molecular complexity index is 1530. The van der Waals surface area contributed by atoms with E-state index in [9.17, 15) is 184 Å². The van der Waals surface area contributed by atoms with Crippen LogP contribution in [0.15, 0.2) is 0 Å². The van der Waals surface area contributed by atoms with E-state index in [1.807, 2.05) is 0 Å². The minimum Gasteiger partial charge on any atom is -0.245 e. The van der Waals surface area contributed by atoms with E-state index in [-0.39, 0.29) is 4.74 Å². The van der Waals surface area contributed by atoms with Crippen LogP contribution in [-0.2, 0) is 4.74 Å². The van der Waals surface area contributed by atoms with Crippen molar-refractivity contribution in [1.29, 1.82) is 0 Å². The number of hydrogen-bond acceptors (Lipinski definition) is 1. The molecule has 0 aromatic carbocycles. The lowest BCUT2D eigenvalue weighted by Crippen LogP contribution is -2.78. The molecule has 43 heteroatoms. The number of alkyl halides is 42. The first kappa shape index (κ1) is 60.0. The van der Waals surface area contributed by atoms with Crippen molar-refractivity contribution in [3.05, 3.63) is 0 Å². The molecule has 0 spiro atoms. The van der Waals surface area contributed by atoms with Crippen molar-refractivity contribution < 1.29 is 189 Å². The summed E-state index contributed by atoms with van der Waals surface area (Å²) in [6.07, 6.45) is -36.5. The van der Waals surface area contributed by atoms with Crippen LogP contribution >= 0.6 is 0 Å². The smallest absolute Gasteiger partial charge is 0.245 e. The second kappa shape index (κ2) is 14.3. The first-order valence-corrected chi connectivity index (χ1v) is 12.8. The highest BCUT2D eigenvalue weighted by Crippen LogP contribution is 2.69. The third-order valence-electron chi connectivity index (χ3n) is 7.22. The molecule has 0 heterocycles. The van der Waals surface area contributed by atoms with Crippen LogP contribution in [0.1, 0.15) is 0 Å². The Balaban J connectivity index is 7.67. The molecule has 0 saturated heterocycles. The van der Waals surface area contributed by atoms with Gasteiger partial charge in [-0.25, -0.2) is 4.74 Å². The molecule has 0 aliphatic heterocycles. The van der Waals surface area contributed by atoms with E-state index >= 15 is 0 Å². The van der Waals surface area contributed by atoms with Gasteiger partial charge >= 0.3 is 119 Å². The molecule has 0 aliphatic rings. The van der Waals surface area contributed by atoms with Crippen LogP contribution in [0.5, 0.6) is 0 Å². The van der Waals surface area contributed by atoms with E-state index in [1.165, 1.54) is 0 Å². The van der Waals surface area contributed by atoms with Crippen molar-refractivity contribution in [3.63, 3.8) is 0 Å². The average molecular weight is 1050 g/mol. The Morgan fingerprint density at radius 3 is 0.333 bits per heavy atom. The van der Waals surface area contributed by atoms with Gasteiger partial charge in [0, 0.05) is 0 Å². The van der Waals surface area contributed by atoms with Gasteiger partial charge in [-0.05, 0) is 0 Å². The average Bonchev–Trinajstić information content (AvgIpc) is 3.01. The van der Waals surface area contributed by atoms with Crippen molar-refractivity contribution in [3.8, 4) is 0 Å². The molecule has 0 radical (unpaired) electrons. The monoisotopic (exact) mass is 1050 g/mol. The number of hydrogen-bond donors (Lipinski definition) is 0. The first-order chi connectivity index (χ1) is 26.2. The van der Waals surface area contributed by atoms with Crippen LogP contribution in [-0.4, -0.2) is 119 Å². The van der Waals surface area contributed by atoms with Crippen molar-refractivity contribution in [2.75, 3.05) is 0 Å². The number of halogens is 42. The second-order valence-corrected chi connectivity index (χ2v) is 11.3. The molecule has 0 aromatic rings. The third-order valence-corrected chi connectivity index (χ3v) is 7.22. The molecule has 0 fully saturated rings. The molecular weight excluding hydrogens is 1050 g/mol. The highest BCUT2D eigenvalue weighted by atomic mass is 19.5. The molecule has 0 amide bonds. The van der Waals surface area contributed by atoms with Gasteiger partial charge in [-0.15, -0.1) is 0 Å². The second-order valence-electron chi connectivity index (χ2n) is 11.3. The van der Waals surface area contributed by atoms with Gasteiger partial charge in [-0.3, -0.25) is 0 Å². The number of ether oxygens (including phenoxy) is 1. The van der Waals surface area contributed by atoms with Crippen molar-refractivity contribution in [2.45, 2.75) is 119 Å². The minimum absolute atomic E-state index is 0.279.